The molecule has 2 aromatic rings. The number of nitrogens with two attached hydrogens (primary N) is 1. The fourth-order valence-corrected chi connectivity index (χ4v) is 4.19. The monoisotopic (exact) mass is 290 g/mol. The molecule has 0 aliphatic heterocycles. The summed E-state index contributed by atoms with van der Waals surface area (Å²) in [6, 6.07) is 0.594. The maximum absolute atomic E-state index is 5.84. The molecular formula is C15H22N4S. The van der Waals surface area contributed by atoms with Crippen LogP contribution in [0, 0.1) is 13.8 Å². The number of rotatable bonds is 4. The fourth-order valence-electron chi connectivity index (χ4n) is 3.20. The van der Waals surface area contributed by atoms with E-state index in [0.29, 0.717) is 12.6 Å². The van der Waals surface area contributed by atoms with E-state index in [1.807, 2.05) is 0 Å². The predicted molar refractivity (Wildman–Crippen MR) is 85.5 cm³/mol. The van der Waals surface area contributed by atoms with Gasteiger partial charge in [0.15, 0.2) is 0 Å². The molecule has 0 radical (unpaired) electrons. The minimum Gasteiger partial charge on any atom is -0.352 e. The van der Waals surface area contributed by atoms with Crippen molar-refractivity contribution in [3.8, 4) is 0 Å². The van der Waals surface area contributed by atoms with E-state index in [4.69, 9.17) is 5.73 Å². The Bertz CT molecular complexity index is 601. The fraction of sp³-hybridized carbons (Fsp3) is 0.600. The minimum atomic E-state index is 0.594. The van der Waals surface area contributed by atoms with E-state index >= 15 is 0 Å². The van der Waals surface area contributed by atoms with E-state index in [9.17, 15) is 0 Å². The number of fused-ring (bicyclic) bond motifs is 1. The van der Waals surface area contributed by atoms with E-state index in [2.05, 4.69) is 28.7 Å². The Labute approximate surface area is 124 Å². The first-order valence-corrected chi connectivity index (χ1v) is 8.21. The molecule has 1 saturated carbocycles. The second-order valence-corrected chi connectivity index (χ2v) is 6.78. The van der Waals surface area contributed by atoms with Gasteiger partial charge in [0.2, 0.25) is 0 Å². The van der Waals surface area contributed by atoms with Gasteiger partial charge in [-0.25, -0.2) is 9.97 Å². The lowest BCUT2D eigenvalue weighted by Gasteiger charge is -2.30. The molecule has 1 aliphatic rings. The zero-order valence-corrected chi connectivity index (χ0v) is 13.0. The Kier molecular flexibility index (Phi) is 3.89. The van der Waals surface area contributed by atoms with Crippen molar-refractivity contribution in [3.63, 3.8) is 0 Å². The summed E-state index contributed by atoms with van der Waals surface area (Å²) in [6.45, 7) is 5.89. The van der Waals surface area contributed by atoms with E-state index in [-0.39, 0.29) is 0 Å². The summed E-state index contributed by atoms with van der Waals surface area (Å²) in [4.78, 5) is 13.9. The Hall–Kier alpha value is -1.20. The molecule has 20 heavy (non-hydrogen) atoms. The van der Waals surface area contributed by atoms with Gasteiger partial charge in [-0.15, -0.1) is 11.3 Å². The molecule has 2 aromatic heterocycles. The van der Waals surface area contributed by atoms with E-state index < -0.39 is 0 Å². The van der Waals surface area contributed by atoms with Crippen molar-refractivity contribution in [3.05, 3.63) is 16.8 Å². The predicted octanol–water partition coefficient (Wildman–Crippen LogP) is 3.02. The lowest BCUT2D eigenvalue weighted by Crippen LogP contribution is -2.38. The second-order valence-electron chi connectivity index (χ2n) is 5.58. The molecular weight excluding hydrogens is 268 g/mol. The molecule has 1 fully saturated rings. The zero-order valence-electron chi connectivity index (χ0n) is 12.2. The molecule has 2 N–H and O–H groups in total. The number of thiophene rings is 1. The normalized spacial score (nSPS) is 16.1. The third-order valence-corrected chi connectivity index (χ3v) is 5.47. The van der Waals surface area contributed by atoms with Gasteiger partial charge in [0.05, 0.1) is 5.39 Å². The maximum atomic E-state index is 5.84. The van der Waals surface area contributed by atoms with Gasteiger partial charge in [0.25, 0.3) is 0 Å². The van der Waals surface area contributed by atoms with Crippen LogP contribution in [0.15, 0.2) is 6.33 Å². The summed E-state index contributed by atoms with van der Waals surface area (Å²) in [5.74, 6) is 1.09. The van der Waals surface area contributed by atoms with Gasteiger partial charge in [-0.1, -0.05) is 12.8 Å². The Balaban J connectivity index is 2.10. The van der Waals surface area contributed by atoms with Crippen LogP contribution in [0.2, 0.25) is 0 Å². The van der Waals surface area contributed by atoms with Crippen LogP contribution < -0.4 is 10.6 Å². The van der Waals surface area contributed by atoms with E-state index in [1.165, 1.54) is 41.5 Å². The van der Waals surface area contributed by atoms with Gasteiger partial charge in [-0.05, 0) is 32.3 Å². The Morgan fingerprint density at radius 2 is 2.05 bits per heavy atom. The van der Waals surface area contributed by atoms with Crippen molar-refractivity contribution in [1.29, 1.82) is 0 Å². The number of nitrogens with zero attached hydrogens (tertiary/aromatic N) is 3. The third kappa shape index (κ3) is 2.29. The molecule has 0 amide bonds. The van der Waals surface area contributed by atoms with Crippen molar-refractivity contribution in [1.82, 2.24) is 9.97 Å². The molecule has 3 rings (SSSR count). The number of aromatic nitrogens is 2. The Morgan fingerprint density at radius 1 is 1.30 bits per heavy atom. The number of aryl methyl sites for hydroxylation is 2. The van der Waals surface area contributed by atoms with E-state index in [1.54, 1.807) is 17.7 Å². The molecule has 5 heteroatoms. The number of anilines is 1. The van der Waals surface area contributed by atoms with Gasteiger partial charge in [0, 0.05) is 24.0 Å². The van der Waals surface area contributed by atoms with Crippen LogP contribution in [0.1, 0.15) is 36.1 Å². The lowest BCUT2D eigenvalue weighted by molar-refractivity contribution is 0.604. The average molecular weight is 290 g/mol. The topological polar surface area (TPSA) is 55.0 Å². The molecule has 0 atom stereocenters. The second kappa shape index (κ2) is 5.66. The molecule has 0 unspecified atom stereocenters. The smallest absolute Gasteiger partial charge is 0.141 e. The molecule has 0 bridgehead atoms. The summed E-state index contributed by atoms with van der Waals surface area (Å²) in [7, 11) is 0. The lowest BCUT2D eigenvalue weighted by atomic mass is 10.1. The van der Waals surface area contributed by atoms with Crippen molar-refractivity contribution < 1.29 is 0 Å². The molecule has 0 aromatic carbocycles. The highest BCUT2D eigenvalue weighted by Gasteiger charge is 2.26. The molecule has 2 heterocycles. The Morgan fingerprint density at radius 3 is 2.75 bits per heavy atom. The van der Waals surface area contributed by atoms with Gasteiger partial charge < -0.3 is 10.6 Å². The quantitative estimate of drug-likeness (QED) is 0.940. The molecule has 0 saturated heterocycles. The molecule has 1 aliphatic carbocycles. The number of hydrogen-bond acceptors (Lipinski definition) is 5. The van der Waals surface area contributed by atoms with Crippen LogP contribution in [0.25, 0.3) is 10.2 Å². The highest BCUT2D eigenvalue weighted by molar-refractivity contribution is 7.18. The van der Waals surface area contributed by atoms with Gasteiger partial charge >= 0.3 is 0 Å². The minimum absolute atomic E-state index is 0.594. The van der Waals surface area contributed by atoms with Crippen LogP contribution >= 0.6 is 11.3 Å². The standard InChI is InChI=1S/C15H22N4S/c1-10-11(2)20-15-13(10)14(17-9-18-15)19(8-7-16)12-5-3-4-6-12/h9,12H,3-8,16H2,1-2H3. The SMILES string of the molecule is Cc1sc2ncnc(N(CCN)C3CCCC3)c2c1C. The van der Waals surface area contributed by atoms with Crippen LogP contribution in [-0.4, -0.2) is 29.1 Å². The highest BCUT2D eigenvalue weighted by Crippen LogP contribution is 2.36. The zero-order chi connectivity index (χ0) is 14.1. The van der Waals surface area contributed by atoms with Crippen LogP contribution in [0.3, 0.4) is 0 Å². The molecule has 4 nitrogen and oxygen atoms in total. The first kappa shape index (κ1) is 13.8. The largest absolute Gasteiger partial charge is 0.352 e. The van der Waals surface area contributed by atoms with Crippen LogP contribution in [0.4, 0.5) is 5.82 Å². The first-order chi connectivity index (χ1) is 9.72. The van der Waals surface area contributed by atoms with Crippen molar-refractivity contribution >= 4 is 27.4 Å². The van der Waals surface area contributed by atoms with Crippen molar-refractivity contribution in [2.75, 3.05) is 18.0 Å². The van der Waals surface area contributed by atoms with Gasteiger partial charge in [-0.2, -0.15) is 0 Å². The number of hydrogen-bond donors (Lipinski definition) is 1. The molecule has 0 spiro atoms. The van der Waals surface area contributed by atoms with Gasteiger partial charge in [0.1, 0.15) is 17.0 Å². The van der Waals surface area contributed by atoms with Gasteiger partial charge in [-0.3, -0.25) is 0 Å². The average Bonchev–Trinajstić information content (AvgIpc) is 3.06. The van der Waals surface area contributed by atoms with Crippen molar-refractivity contribution in [2.45, 2.75) is 45.6 Å². The van der Waals surface area contributed by atoms with Crippen LogP contribution in [-0.2, 0) is 0 Å². The first-order valence-electron chi connectivity index (χ1n) is 7.39. The summed E-state index contributed by atoms with van der Waals surface area (Å²) >= 11 is 1.76. The highest BCUT2D eigenvalue weighted by atomic mass is 32.1. The summed E-state index contributed by atoms with van der Waals surface area (Å²) in [5.41, 5.74) is 7.16. The summed E-state index contributed by atoms with van der Waals surface area (Å²) in [6.07, 6.45) is 6.86. The van der Waals surface area contributed by atoms with Crippen molar-refractivity contribution in [2.24, 2.45) is 5.73 Å². The van der Waals surface area contributed by atoms with E-state index in [0.717, 1.165) is 17.2 Å². The maximum Gasteiger partial charge on any atom is 0.141 e. The summed E-state index contributed by atoms with van der Waals surface area (Å²) < 4.78 is 0. The summed E-state index contributed by atoms with van der Waals surface area (Å²) in [5, 5.41) is 1.23. The van der Waals surface area contributed by atoms with Crippen LogP contribution in [0.5, 0.6) is 0 Å². The molecule has 108 valence electrons. The third-order valence-electron chi connectivity index (χ3n) is 4.35.